The molecule has 2 amide bonds. The maximum Gasteiger partial charge on any atom is 0.293 e. The second kappa shape index (κ2) is 8.23. The number of nitro groups is 1. The zero-order valence-electron chi connectivity index (χ0n) is 16.8. The first kappa shape index (κ1) is 20.6. The van der Waals surface area contributed by atoms with Crippen molar-refractivity contribution in [2.24, 2.45) is 0 Å². The Hall–Kier alpha value is -3.65. The molecule has 31 heavy (non-hydrogen) atoms. The van der Waals surface area contributed by atoms with Crippen molar-refractivity contribution in [3.05, 3.63) is 93.0 Å². The van der Waals surface area contributed by atoms with Crippen LogP contribution in [0.5, 0.6) is 0 Å². The number of thioether (sulfide) groups is 1. The summed E-state index contributed by atoms with van der Waals surface area (Å²) in [6, 6.07) is 14.3. The fourth-order valence-electron chi connectivity index (χ4n) is 3.67. The first-order valence-corrected chi connectivity index (χ1v) is 10.4. The number of imide groups is 1. The predicted octanol–water partition coefficient (Wildman–Crippen LogP) is 5.13. The Morgan fingerprint density at radius 1 is 1.13 bits per heavy atom. The van der Waals surface area contributed by atoms with E-state index in [0.29, 0.717) is 11.4 Å². The second-order valence-corrected chi connectivity index (χ2v) is 8.10. The lowest BCUT2D eigenvalue weighted by atomic mass is 10.1. The summed E-state index contributed by atoms with van der Waals surface area (Å²) in [4.78, 5) is 36.9. The van der Waals surface area contributed by atoms with Gasteiger partial charge in [-0.25, -0.2) is 0 Å². The van der Waals surface area contributed by atoms with Crippen molar-refractivity contribution in [2.75, 3.05) is 6.54 Å². The van der Waals surface area contributed by atoms with Crippen LogP contribution in [-0.2, 0) is 11.3 Å². The molecule has 4 rings (SSSR count). The third-order valence-electron chi connectivity index (χ3n) is 5.23. The van der Waals surface area contributed by atoms with Crippen molar-refractivity contribution in [3.8, 4) is 0 Å². The van der Waals surface area contributed by atoms with Crippen LogP contribution in [0.15, 0.2) is 66.1 Å². The third-order valence-corrected chi connectivity index (χ3v) is 6.14. The minimum atomic E-state index is -0.419. The van der Waals surface area contributed by atoms with Gasteiger partial charge in [-0.3, -0.25) is 24.6 Å². The van der Waals surface area contributed by atoms with Gasteiger partial charge in [-0.2, -0.15) is 0 Å². The fourth-order valence-corrected chi connectivity index (χ4v) is 4.50. The van der Waals surface area contributed by atoms with Crippen LogP contribution in [0.1, 0.15) is 16.8 Å². The van der Waals surface area contributed by atoms with Gasteiger partial charge in [0, 0.05) is 47.4 Å². The van der Waals surface area contributed by atoms with Crippen molar-refractivity contribution in [1.82, 2.24) is 9.47 Å². The van der Waals surface area contributed by atoms with Crippen LogP contribution < -0.4 is 0 Å². The summed E-state index contributed by atoms with van der Waals surface area (Å²) in [5.74, 6) is -0.318. The Kier molecular flexibility index (Phi) is 5.48. The molecule has 0 aliphatic carbocycles. The molecule has 0 saturated carbocycles. The number of carbonyl (C=O) groups is 2. The molecule has 0 unspecified atom stereocenters. The number of carbonyl (C=O) groups excluding carboxylic acids is 2. The van der Waals surface area contributed by atoms with Gasteiger partial charge in [-0.15, -0.1) is 6.58 Å². The molecule has 0 N–H and O–H groups in total. The topological polar surface area (TPSA) is 85.4 Å². The van der Waals surface area contributed by atoms with Gasteiger partial charge in [-0.1, -0.05) is 36.4 Å². The van der Waals surface area contributed by atoms with Crippen molar-refractivity contribution in [3.63, 3.8) is 0 Å². The highest BCUT2D eigenvalue weighted by Crippen LogP contribution is 2.35. The molecule has 0 radical (unpaired) electrons. The number of aromatic nitrogens is 1. The number of hydrogen-bond acceptors (Lipinski definition) is 5. The Labute approximate surface area is 182 Å². The van der Waals surface area contributed by atoms with E-state index >= 15 is 0 Å². The first-order chi connectivity index (χ1) is 14.9. The number of benzene rings is 2. The molecule has 1 aliphatic rings. The Balaban J connectivity index is 1.76. The maximum absolute atomic E-state index is 12.6. The van der Waals surface area contributed by atoms with Crippen LogP contribution in [0.3, 0.4) is 0 Å². The number of nitro benzene ring substituents is 1. The quantitative estimate of drug-likeness (QED) is 0.233. The molecule has 0 atom stereocenters. The van der Waals surface area contributed by atoms with Crippen LogP contribution in [0.4, 0.5) is 10.5 Å². The molecule has 0 bridgehead atoms. The number of non-ortho nitro benzene ring substituents is 1. The highest BCUT2D eigenvalue weighted by Gasteiger charge is 2.34. The van der Waals surface area contributed by atoms with E-state index in [0.717, 1.165) is 39.5 Å². The SMILES string of the molecule is C=CCN1C(=O)S/C(=C/c2c(C)n(Cc3ccc([N+](=O)[O-])cc3)c3ccccc23)C1=O. The zero-order valence-corrected chi connectivity index (χ0v) is 17.6. The monoisotopic (exact) mass is 433 g/mol. The number of nitrogens with zero attached hydrogens (tertiary/aromatic N) is 3. The number of fused-ring (bicyclic) bond motifs is 1. The van der Waals surface area contributed by atoms with Crippen LogP contribution in [-0.4, -0.2) is 32.1 Å². The van der Waals surface area contributed by atoms with Gasteiger partial charge in [-0.05, 0) is 36.4 Å². The van der Waals surface area contributed by atoms with Gasteiger partial charge < -0.3 is 4.57 Å². The molecular formula is C23H19N3O4S. The molecule has 0 spiro atoms. The van der Waals surface area contributed by atoms with E-state index in [1.165, 1.54) is 23.1 Å². The lowest BCUT2D eigenvalue weighted by Gasteiger charge is -2.09. The van der Waals surface area contributed by atoms with E-state index in [9.17, 15) is 19.7 Å². The van der Waals surface area contributed by atoms with Gasteiger partial charge >= 0.3 is 0 Å². The molecule has 1 fully saturated rings. The molecule has 8 heteroatoms. The molecule has 7 nitrogen and oxygen atoms in total. The summed E-state index contributed by atoms with van der Waals surface area (Å²) in [7, 11) is 0. The van der Waals surface area contributed by atoms with Crippen LogP contribution >= 0.6 is 11.8 Å². The summed E-state index contributed by atoms with van der Waals surface area (Å²) < 4.78 is 2.11. The van der Waals surface area contributed by atoms with Crippen LogP contribution in [0.2, 0.25) is 0 Å². The summed E-state index contributed by atoms with van der Waals surface area (Å²) in [5, 5.41) is 11.6. The lowest BCUT2D eigenvalue weighted by molar-refractivity contribution is -0.384. The van der Waals surface area contributed by atoms with Gasteiger partial charge in [0.2, 0.25) is 0 Å². The second-order valence-electron chi connectivity index (χ2n) is 7.11. The highest BCUT2D eigenvalue weighted by molar-refractivity contribution is 8.18. The lowest BCUT2D eigenvalue weighted by Crippen LogP contribution is -2.27. The summed E-state index contributed by atoms with van der Waals surface area (Å²) >= 11 is 0.929. The van der Waals surface area contributed by atoms with Crippen molar-refractivity contribution >= 4 is 45.6 Å². The molecular weight excluding hydrogens is 414 g/mol. The Morgan fingerprint density at radius 3 is 2.52 bits per heavy atom. The molecule has 2 aromatic carbocycles. The van der Waals surface area contributed by atoms with E-state index in [4.69, 9.17) is 0 Å². The molecule has 1 aromatic heterocycles. The largest absolute Gasteiger partial charge is 0.340 e. The minimum Gasteiger partial charge on any atom is -0.340 e. The normalized spacial score (nSPS) is 15.3. The van der Waals surface area contributed by atoms with Crippen LogP contribution in [0.25, 0.3) is 17.0 Å². The number of amides is 2. The summed E-state index contributed by atoms with van der Waals surface area (Å²) in [6.07, 6.45) is 3.30. The van der Waals surface area contributed by atoms with Gasteiger partial charge in [0.1, 0.15) is 0 Å². The third kappa shape index (κ3) is 3.77. The zero-order chi connectivity index (χ0) is 22.1. The fraction of sp³-hybridized carbons (Fsp3) is 0.130. The van der Waals surface area contributed by atoms with E-state index in [-0.39, 0.29) is 23.4 Å². The first-order valence-electron chi connectivity index (χ1n) is 9.58. The molecule has 3 aromatic rings. The molecule has 2 heterocycles. The number of hydrogen-bond donors (Lipinski definition) is 0. The van der Waals surface area contributed by atoms with E-state index < -0.39 is 4.92 Å². The average Bonchev–Trinajstić information content (AvgIpc) is 3.18. The standard InChI is InChI=1S/C23H19N3O4S/c1-3-12-24-22(27)21(31-23(24)28)13-19-15(2)25(20-7-5-4-6-18(19)20)14-16-8-10-17(11-9-16)26(29)30/h3-11,13H,1,12,14H2,2H3/b21-13+. The van der Waals surface area contributed by atoms with Gasteiger partial charge in [0.05, 0.1) is 9.83 Å². The Morgan fingerprint density at radius 2 is 1.84 bits per heavy atom. The highest BCUT2D eigenvalue weighted by atomic mass is 32.2. The van der Waals surface area contributed by atoms with Gasteiger partial charge in [0.15, 0.2) is 0 Å². The minimum absolute atomic E-state index is 0.0498. The maximum atomic E-state index is 12.6. The molecule has 156 valence electrons. The summed E-state index contributed by atoms with van der Waals surface area (Å²) in [6.45, 7) is 6.27. The smallest absolute Gasteiger partial charge is 0.293 e. The van der Waals surface area contributed by atoms with E-state index in [1.807, 2.05) is 31.2 Å². The van der Waals surface area contributed by atoms with E-state index in [2.05, 4.69) is 11.1 Å². The number of rotatable bonds is 6. The van der Waals surface area contributed by atoms with E-state index in [1.54, 1.807) is 18.2 Å². The Bertz CT molecular complexity index is 1260. The summed E-state index contributed by atoms with van der Waals surface area (Å²) in [5.41, 5.74) is 3.77. The van der Waals surface area contributed by atoms with Gasteiger partial charge in [0.25, 0.3) is 16.8 Å². The van der Waals surface area contributed by atoms with Crippen molar-refractivity contribution in [2.45, 2.75) is 13.5 Å². The molecule has 1 saturated heterocycles. The van der Waals surface area contributed by atoms with Crippen LogP contribution in [0, 0.1) is 17.0 Å². The average molecular weight is 433 g/mol. The molecule has 1 aliphatic heterocycles. The predicted molar refractivity (Wildman–Crippen MR) is 122 cm³/mol. The number of para-hydroxylation sites is 1. The van der Waals surface area contributed by atoms with Crippen molar-refractivity contribution < 1.29 is 14.5 Å². The van der Waals surface area contributed by atoms with Crippen molar-refractivity contribution in [1.29, 1.82) is 0 Å².